The highest BCUT2D eigenvalue weighted by Gasteiger charge is 2.16. The molecular weight excluding hydrogens is 364 g/mol. The molecule has 0 unspecified atom stereocenters. The Morgan fingerprint density at radius 1 is 1.36 bits per heavy atom. The summed E-state index contributed by atoms with van der Waals surface area (Å²) in [6.45, 7) is 3.39. The summed E-state index contributed by atoms with van der Waals surface area (Å²) >= 11 is 4.88. The maximum atomic E-state index is 11.4. The first-order chi connectivity index (χ1) is 10.6. The third-order valence-corrected chi connectivity index (χ3v) is 4.65. The molecule has 2 N–H and O–H groups in total. The number of pyridine rings is 1. The number of halogens is 1. The van der Waals surface area contributed by atoms with Crippen LogP contribution in [0.15, 0.2) is 53.0 Å². The van der Waals surface area contributed by atoms with Gasteiger partial charge in [-0.05, 0) is 17.7 Å². The highest BCUT2D eigenvalue weighted by Crippen LogP contribution is 2.41. The highest BCUT2D eigenvalue weighted by atomic mass is 79.9. The van der Waals surface area contributed by atoms with Gasteiger partial charge >= 0.3 is 5.97 Å². The number of hydrogen-bond acceptors (Lipinski definition) is 5. The van der Waals surface area contributed by atoms with Gasteiger partial charge in [0.05, 0.1) is 10.9 Å². The molecule has 3 rings (SSSR count). The molecule has 0 radical (unpaired) electrons. The molecular formula is C16H11BrN2O2S. The van der Waals surface area contributed by atoms with E-state index < -0.39 is 5.97 Å². The van der Waals surface area contributed by atoms with Gasteiger partial charge in [-0.25, -0.2) is 9.78 Å². The zero-order valence-electron chi connectivity index (χ0n) is 11.4. The first-order valence-corrected chi connectivity index (χ1v) is 8.03. The number of nitrogens with zero attached hydrogens (tertiary/aromatic N) is 1. The third-order valence-electron chi connectivity index (χ3n) is 3.12. The summed E-state index contributed by atoms with van der Waals surface area (Å²) in [5.74, 6) is 0.279. The van der Waals surface area contributed by atoms with Crippen molar-refractivity contribution in [2.45, 2.75) is 0 Å². The van der Waals surface area contributed by atoms with Gasteiger partial charge < -0.3 is 10.5 Å². The second-order valence-electron chi connectivity index (χ2n) is 4.49. The van der Waals surface area contributed by atoms with Crippen LogP contribution in [0.4, 0.5) is 5.82 Å². The molecule has 6 heteroatoms. The van der Waals surface area contributed by atoms with E-state index in [1.54, 1.807) is 0 Å². The first-order valence-electron chi connectivity index (χ1n) is 6.36. The normalized spacial score (nSPS) is 10.6. The first kappa shape index (κ1) is 14.7. The van der Waals surface area contributed by atoms with E-state index in [1.807, 2.05) is 29.6 Å². The minimum Gasteiger partial charge on any atom is -0.420 e. The van der Waals surface area contributed by atoms with Gasteiger partial charge in [-0.3, -0.25) is 0 Å². The van der Waals surface area contributed by atoms with Crippen molar-refractivity contribution in [2.75, 3.05) is 5.73 Å². The number of anilines is 1. The lowest BCUT2D eigenvalue weighted by Gasteiger charge is -2.06. The number of aromatic nitrogens is 1. The van der Waals surface area contributed by atoms with Crippen molar-refractivity contribution in [3.05, 3.63) is 53.0 Å². The molecule has 3 aromatic rings. The summed E-state index contributed by atoms with van der Waals surface area (Å²) in [7, 11) is 0. The standard InChI is InChI=1S/C16H11BrN2O2S/c1-2-13(20)21-12-7-19-16(18)14-11(8-22-15(12)14)9-3-5-10(17)6-4-9/h2-8H,1H2,(H2,18,19). The molecule has 1 aromatic carbocycles. The van der Waals surface area contributed by atoms with Crippen LogP contribution in [-0.2, 0) is 4.79 Å². The fraction of sp³-hybridized carbons (Fsp3) is 0. The van der Waals surface area contributed by atoms with Crippen molar-refractivity contribution in [3.8, 4) is 16.9 Å². The van der Waals surface area contributed by atoms with E-state index in [-0.39, 0.29) is 0 Å². The number of hydrogen-bond donors (Lipinski definition) is 1. The molecule has 0 spiro atoms. The number of nitrogen functional groups attached to an aromatic ring is 1. The van der Waals surface area contributed by atoms with Gasteiger partial charge in [-0.2, -0.15) is 0 Å². The van der Waals surface area contributed by atoms with Gasteiger partial charge in [0.1, 0.15) is 5.82 Å². The minimum atomic E-state index is -0.522. The number of esters is 1. The lowest BCUT2D eigenvalue weighted by Crippen LogP contribution is -2.04. The molecule has 0 aliphatic rings. The van der Waals surface area contributed by atoms with Crippen LogP contribution in [0.1, 0.15) is 0 Å². The summed E-state index contributed by atoms with van der Waals surface area (Å²) in [4.78, 5) is 15.6. The van der Waals surface area contributed by atoms with Crippen LogP contribution < -0.4 is 10.5 Å². The Kier molecular flexibility index (Phi) is 3.96. The molecule has 110 valence electrons. The highest BCUT2D eigenvalue weighted by molar-refractivity contribution is 9.10. The predicted molar refractivity (Wildman–Crippen MR) is 93.0 cm³/mol. The lowest BCUT2D eigenvalue weighted by molar-refractivity contribution is -0.128. The summed E-state index contributed by atoms with van der Waals surface area (Å²) in [6.07, 6.45) is 2.58. The van der Waals surface area contributed by atoms with Crippen LogP contribution in [0.25, 0.3) is 21.2 Å². The summed E-state index contributed by atoms with van der Waals surface area (Å²) in [6, 6.07) is 7.91. The monoisotopic (exact) mass is 374 g/mol. The smallest absolute Gasteiger partial charge is 0.335 e. The molecule has 0 saturated heterocycles. The molecule has 2 heterocycles. The van der Waals surface area contributed by atoms with Crippen LogP contribution >= 0.6 is 27.3 Å². The van der Waals surface area contributed by atoms with Crippen LogP contribution in [0, 0.1) is 0 Å². The van der Waals surface area contributed by atoms with Gasteiger partial charge in [0.2, 0.25) is 0 Å². The number of carbonyl (C=O) groups is 1. The topological polar surface area (TPSA) is 65.2 Å². The Hall–Kier alpha value is -2.18. The molecule has 22 heavy (non-hydrogen) atoms. The molecule has 0 fully saturated rings. The second kappa shape index (κ2) is 5.90. The van der Waals surface area contributed by atoms with Crippen LogP contribution in [0.2, 0.25) is 0 Å². The van der Waals surface area contributed by atoms with Crippen molar-refractivity contribution in [3.63, 3.8) is 0 Å². The number of thiophene rings is 1. The largest absolute Gasteiger partial charge is 0.420 e. The Morgan fingerprint density at radius 2 is 2.09 bits per heavy atom. The van der Waals surface area contributed by atoms with E-state index in [2.05, 4.69) is 27.5 Å². The van der Waals surface area contributed by atoms with Gasteiger partial charge in [-0.1, -0.05) is 34.6 Å². The predicted octanol–water partition coefficient (Wildman–Crippen LogP) is 4.40. The molecule has 0 bridgehead atoms. The molecule has 2 aromatic heterocycles. The Morgan fingerprint density at radius 3 is 2.77 bits per heavy atom. The number of nitrogens with two attached hydrogens (primary N) is 1. The van der Waals surface area contributed by atoms with E-state index >= 15 is 0 Å². The lowest BCUT2D eigenvalue weighted by atomic mass is 10.1. The number of benzene rings is 1. The van der Waals surface area contributed by atoms with E-state index in [9.17, 15) is 4.79 Å². The van der Waals surface area contributed by atoms with Gasteiger partial charge in [-0.15, -0.1) is 11.3 Å². The molecule has 0 aliphatic heterocycles. The van der Waals surface area contributed by atoms with Crippen LogP contribution in [-0.4, -0.2) is 11.0 Å². The van der Waals surface area contributed by atoms with E-state index in [0.29, 0.717) is 11.6 Å². The van der Waals surface area contributed by atoms with Crippen LogP contribution in [0.5, 0.6) is 5.75 Å². The summed E-state index contributed by atoms with van der Waals surface area (Å²) in [5, 5.41) is 2.78. The van der Waals surface area contributed by atoms with Crippen molar-refractivity contribution < 1.29 is 9.53 Å². The van der Waals surface area contributed by atoms with Crippen molar-refractivity contribution in [1.29, 1.82) is 0 Å². The molecule has 0 amide bonds. The average molecular weight is 375 g/mol. The van der Waals surface area contributed by atoms with Gasteiger partial charge in [0.25, 0.3) is 0 Å². The maximum absolute atomic E-state index is 11.4. The number of rotatable bonds is 3. The quantitative estimate of drug-likeness (QED) is 0.544. The number of ether oxygens (including phenoxy) is 1. The third kappa shape index (κ3) is 2.63. The van der Waals surface area contributed by atoms with Gasteiger partial charge in [0, 0.05) is 26.9 Å². The Bertz CT molecular complexity index is 872. The average Bonchev–Trinajstić information content (AvgIpc) is 2.97. The van der Waals surface area contributed by atoms with E-state index in [1.165, 1.54) is 17.5 Å². The molecule has 0 aliphatic carbocycles. The van der Waals surface area contributed by atoms with E-state index in [0.717, 1.165) is 31.8 Å². The van der Waals surface area contributed by atoms with Crippen molar-refractivity contribution in [2.24, 2.45) is 0 Å². The minimum absolute atomic E-state index is 0.391. The number of fused-ring (bicyclic) bond motifs is 1. The molecule has 0 atom stereocenters. The fourth-order valence-electron chi connectivity index (χ4n) is 2.11. The zero-order chi connectivity index (χ0) is 15.7. The number of carbonyl (C=O) groups excluding carboxylic acids is 1. The Labute approximate surface area is 139 Å². The summed E-state index contributed by atoms with van der Waals surface area (Å²) in [5.41, 5.74) is 8.02. The second-order valence-corrected chi connectivity index (χ2v) is 6.29. The Balaban J connectivity index is 2.17. The van der Waals surface area contributed by atoms with Crippen LogP contribution in [0.3, 0.4) is 0 Å². The molecule has 4 nitrogen and oxygen atoms in total. The fourth-order valence-corrected chi connectivity index (χ4v) is 3.41. The molecule has 0 saturated carbocycles. The van der Waals surface area contributed by atoms with Crippen molar-refractivity contribution in [1.82, 2.24) is 4.98 Å². The zero-order valence-corrected chi connectivity index (χ0v) is 13.8. The van der Waals surface area contributed by atoms with E-state index in [4.69, 9.17) is 10.5 Å². The maximum Gasteiger partial charge on any atom is 0.335 e. The summed E-state index contributed by atoms with van der Waals surface area (Å²) < 4.78 is 7.02. The van der Waals surface area contributed by atoms with Gasteiger partial charge in [0.15, 0.2) is 5.75 Å². The SMILES string of the molecule is C=CC(=O)Oc1cnc(N)c2c(-c3ccc(Br)cc3)csc12. The van der Waals surface area contributed by atoms with Crippen molar-refractivity contribution >= 4 is 49.1 Å².